The zero-order chi connectivity index (χ0) is 13.5. The molecule has 1 aromatic carbocycles. The molecular weight excluding hydrogens is 234 g/mol. The summed E-state index contributed by atoms with van der Waals surface area (Å²) in [5.41, 5.74) is 0. The van der Waals surface area contributed by atoms with E-state index in [1.54, 1.807) is 33.5 Å². The number of nitrogens with one attached hydrogen (secondary N) is 1. The van der Waals surface area contributed by atoms with Gasteiger partial charge >= 0.3 is 0 Å². The van der Waals surface area contributed by atoms with Crippen molar-refractivity contribution in [3.8, 4) is 23.0 Å². The first-order valence-electron chi connectivity index (χ1n) is 5.77. The standard InChI is InChI=1S/C13H21NO4/c1-9(8-14-2)18-10-6-11(15-3)13(17-5)12(7-10)16-4/h6-7,9,14H,8H2,1-5H3. The fraction of sp³-hybridized carbons (Fsp3) is 0.538. The third-order valence-electron chi connectivity index (χ3n) is 2.47. The van der Waals surface area contributed by atoms with Crippen LogP contribution in [0.2, 0.25) is 0 Å². The molecule has 0 spiro atoms. The number of likely N-dealkylation sites (N-methyl/N-ethyl adjacent to an activating group) is 1. The largest absolute Gasteiger partial charge is 0.493 e. The summed E-state index contributed by atoms with van der Waals surface area (Å²) in [6, 6.07) is 3.57. The maximum absolute atomic E-state index is 5.76. The summed E-state index contributed by atoms with van der Waals surface area (Å²) in [6.07, 6.45) is 0.0535. The number of benzene rings is 1. The first-order chi connectivity index (χ1) is 8.65. The molecule has 0 fully saturated rings. The van der Waals surface area contributed by atoms with Crippen LogP contribution in [0.25, 0.3) is 0 Å². The van der Waals surface area contributed by atoms with Crippen molar-refractivity contribution in [3.63, 3.8) is 0 Å². The fourth-order valence-corrected chi connectivity index (χ4v) is 1.69. The Morgan fingerprint density at radius 3 is 2.00 bits per heavy atom. The van der Waals surface area contributed by atoms with Crippen molar-refractivity contribution in [1.82, 2.24) is 5.32 Å². The van der Waals surface area contributed by atoms with Crippen LogP contribution in [0.5, 0.6) is 23.0 Å². The van der Waals surface area contributed by atoms with Crippen LogP contribution in [0.15, 0.2) is 12.1 Å². The molecule has 0 heterocycles. The smallest absolute Gasteiger partial charge is 0.203 e. The first kappa shape index (κ1) is 14.4. The second-order valence-corrected chi connectivity index (χ2v) is 3.85. The second kappa shape index (κ2) is 6.96. The van der Waals surface area contributed by atoms with Gasteiger partial charge in [0.15, 0.2) is 11.5 Å². The summed E-state index contributed by atoms with van der Waals surface area (Å²) in [7, 11) is 6.62. The predicted molar refractivity (Wildman–Crippen MR) is 70.1 cm³/mol. The maximum atomic E-state index is 5.76. The monoisotopic (exact) mass is 255 g/mol. The van der Waals surface area contributed by atoms with E-state index >= 15 is 0 Å². The third-order valence-corrected chi connectivity index (χ3v) is 2.47. The minimum atomic E-state index is 0.0535. The highest BCUT2D eigenvalue weighted by atomic mass is 16.5. The van der Waals surface area contributed by atoms with Gasteiger partial charge in [-0.05, 0) is 14.0 Å². The molecule has 0 aliphatic rings. The normalized spacial score (nSPS) is 11.8. The highest BCUT2D eigenvalue weighted by Crippen LogP contribution is 2.40. The molecule has 0 saturated carbocycles. The van der Waals surface area contributed by atoms with Crippen LogP contribution in [0, 0.1) is 0 Å². The van der Waals surface area contributed by atoms with Gasteiger partial charge in [-0.25, -0.2) is 0 Å². The Hall–Kier alpha value is -1.62. The van der Waals surface area contributed by atoms with Crippen molar-refractivity contribution in [3.05, 3.63) is 12.1 Å². The zero-order valence-corrected chi connectivity index (χ0v) is 11.6. The van der Waals surface area contributed by atoms with E-state index in [-0.39, 0.29) is 6.10 Å². The Bertz CT molecular complexity index is 356. The van der Waals surface area contributed by atoms with Crippen molar-refractivity contribution >= 4 is 0 Å². The summed E-state index contributed by atoms with van der Waals surface area (Å²) >= 11 is 0. The molecule has 1 rings (SSSR count). The van der Waals surface area contributed by atoms with Crippen LogP contribution < -0.4 is 24.3 Å². The van der Waals surface area contributed by atoms with Crippen LogP contribution in [0.1, 0.15) is 6.92 Å². The van der Waals surface area contributed by atoms with E-state index < -0.39 is 0 Å². The zero-order valence-electron chi connectivity index (χ0n) is 11.6. The molecule has 1 aromatic rings. The Morgan fingerprint density at radius 2 is 1.61 bits per heavy atom. The number of rotatable bonds is 7. The molecule has 0 aromatic heterocycles. The molecule has 102 valence electrons. The molecule has 5 nitrogen and oxygen atoms in total. The first-order valence-corrected chi connectivity index (χ1v) is 5.77. The van der Waals surface area contributed by atoms with Crippen molar-refractivity contribution in [2.75, 3.05) is 34.9 Å². The van der Waals surface area contributed by atoms with Crippen molar-refractivity contribution in [2.24, 2.45) is 0 Å². The molecule has 0 aliphatic carbocycles. The SMILES string of the molecule is CNCC(C)Oc1cc(OC)c(OC)c(OC)c1. The number of hydrogen-bond donors (Lipinski definition) is 1. The van der Waals surface area contributed by atoms with Crippen LogP contribution in [-0.4, -0.2) is 41.0 Å². The lowest BCUT2D eigenvalue weighted by Gasteiger charge is -2.17. The Kier molecular flexibility index (Phi) is 5.58. The Morgan fingerprint density at radius 1 is 1.06 bits per heavy atom. The van der Waals surface area contributed by atoms with Gasteiger partial charge in [0.1, 0.15) is 11.9 Å². The molecule has 5 heteroatoms. The van der Waals surface area contributed by atoms with Crippen molar-refractivity contribution < 1.29 is 18.9 Å². The van der Waals surface area contributed by atoms with Crippen LogP contribution in [0.4, 0.5) is 0 Å². The van der Waals surface area contributed by atoms with Gasteiger partial charge in [-0.1, -0.05) is 0 Å². The summed E-state index contributed by atoms with van der Waals surface area (Å²) in [6.45, 7) is 2.75. The molecule has 0 aliphatic heterocycles. The van der Waals surface area contributed by atoms with Gasteiger partial charge in [0.05, 0.1) is 21.3 Å². The summed E-state index contributed by atoms with van der Waals surface area (Å²) in [5.74, 6) is 2.42. The summed E-state index contributed by atoms with van der Waals surface area (Å²) in [5, 5.41) is 3.06. The van der Waals surface area contributed by atoms with Gasteiger partial charge in [0.25, 0.3) is 0 Å². The van der Waals surface area contributed by atoms with Crippen LogP contribution >= 0.6 is 0 Å². The van der Waals surface area contributed by atoms with Crippen molar-refractivity contribution in [2.45, 2.75) is 13.0 Å². The molecule has 1 unspecified atom stereocenters. The van der Waals surface area contributed by atoms with E-state index in [4.69, 9.17) is 18.9 Å². The summed E-state index contributed by atoms with van der Waals surface area (Å²) in [4.78, 5) is 0. The van der Waals surface area contributed by atoms with E-state index in [0.29, 0.717) is 23.0 Å². The lowest BCUT2D eigenvalue weighted by atomic mass is 10.2. The van der Waals surface area contributed by atoms with Gasteiger partial charge in [0, 0.05) is 18.7 Å². The second-order valence-electron chi connectivity index (χ2n) is 3.85. The minimum absolute atomic E-state index is 0.0535. The quantitative estimate of drug-likeness (QED) is 0.803. The van der Waals surface area contributed by atoms with E-state index in [1.807, 2.05) is 14.0 Å². The topological polar surface area (TPSA) is 49.0 Å². The Labute approximate surface area is 108 Å². The van der Waals surface area contributed by atoms with E-state index in [2.05, 4.69) is 5.32 Å². The average molecular weight is 255 g/mol. The third kappa shape index (κ3) is 3.43. The highest BCUT2D eigenvalue weighted by molar-refractivity contribution is 5.55. The lowest BCUT2D eigenvalue weighted by Crippen LogP contribution is -2.26. The highest BCUT2D eigenvalue weighted by Gasteiger charge is 2.15. The lowest BCUT2D eigenvalue weighted by molar-refractivity contribution is 0.217. The minimum Gasteiger partial charge on any atom is -0.493 e. The number of methoxy groups -OCH3 is 3. The molecule has 0 amide bonds. The molecule has 1 atom stereocenters. The summed E-state index contributed by atoms with van der Waals surface area (Å²) < 4.78 is 21.5. The van der Waals surface area contributed by atoms with Gasteiger partial charge in [-0.2, -0.15) is 0 Å². The fourth-order valence-electron chi connectivity index (χ4n) is 1.69. The number of hydrogen-bond acceptors (Lipinski definition) is 5. The molecule has 0 radical (unpaired) electrons. The van der Waals surface area contributed by atoms with E-state index in [9.17, 15) is 0 Å². The maximum Gasteiger partial charge on any atom is 0.203 e. The van der Waals surface area contributed by atoms with Crippen molar-refractivity contribution in [1.29, 1.82) is 0 Å². The predicted octanol–water partition coefficient (Wildman–Crippen LogP) is 1.70. The molecule has 18 heavy (non-hydrogen) atoms. The average Bonchev–Trinajstić information content (AvgIpc) is 2.37. The van der Waals surface area contributed by atoms with Gasteiger partial charge in [-0.15, -0.1) is 0 Å². The van der Waals surface area contributed by atoms with E-state index in [0.717, 1.165) is 6.54 Å². The van der Waals surface area contributed by atoms with Gasteiger partial charge in [0.2, 0.25) is 5.75 Å². The number of ether oxygens (including phenoxy) is 4. The molecule has 0 bridgehead atoms. The van der Waals surface area contributed by atoms with Crippen LogP contribution in [0.3, 0.4) is 0 Å². The Balaban J connectivity index is 2.99. The van der Waals surface area contributed by atoms with Gasteiger partial charge < -0.3 is 24.3 Å². The van der Waals surface area contributed by atoms with Crippen LogP contribution in [-0.2, 0) is 0 Å². The van der Waals surface area contributed by atoms with Gasteiger partial charge in [-0.3, -0.25) is 0 Å². The molecule has 0 saturated heterocycles. The van der Waals surface area contributed by atoms with E-state index in [1.165, 1.54) is 0 Å². The molecular formula is C13H21NO4. The molecule has 1 N–H and O–H groups in total.